The van der Waals surface area contributed by atoms with Crippen molar-refractivity contribution >= 4 is 27.8 Å². The van der Waals surface area contributed by atoms with E-state index in [4.69, 9.17) is 15.6 Å². The molecular formula is C23H27N7O2. The van der Waals surface area contributed by atoms with Gasteiger partial charge in [0.15, 0.2) is 5.65 Å². The average molecular weight is 434 g/mol. The summed E-state index contributed by atoms with van der Waals surface area (Å²) in [6.45, 7) is 4.57. The number of ether oxygens (including phenoxy) is 1. The molecule has 4 heterocycles. The summed E-state index contributed by atoms with van der Waals surface area (Å²) >= 11 is 0. The van der Waals surface area contributed by atoms with Crippen molar-refractivity contribution in [1.29, 1.82) is 0 Å². The van der Waals surface area contributed by atoms with Crippen LogP contribution in [-0.2, 0) is 6.54 Å². The molecular weight excluding hydrogens is 406 g/mol. The molecule has 0 bridgehead atoms. The van der Waals surface area contributed by atoms with E-state index in [1.165, 1.54) is 6.33 Å². The molecule has 1 aromatic carbocycles. The Morgan fingerprint density at radius 2 is 1.97 bits per heavy atom. The first-order valence-corrected chi connectivity index (χ1v) is 10.9. The molecule has 0 aliphatic carbocycles. The highest BCUT2D eigenvalue weighted by molar-refractivity contribution is 5.99. The first-order valence-electron chi connectivity index (χ1n) is 10.9. The van der Waals surface area contributed by atoms with E-state index in [1.807, 2.05) is 37.3 Å². The summed E-state index contributed by atoms with van der Waals surface area (Å²) in [5.74, 6) is 0.975. The summed E-state index contributed by atoms with van der Waals surface area (Å²) in [6, 6.07) is 9.79. The maximum absolute atomic E-state index is 11.2. The van der Waals surface area contributed by atoms with Crippen LogP contribution in [0.25, 0.3) is 33.2 Å². The summed E-state index contributed by atoms with van der Waals surface area (Å²) in [4.78, 5) is 15.4. The second-order valence-electron chi connectivity index (χ2n) is 8.48. The molecule has 1 saturated heterocycles. The molecule has 166 valence electrons. The third kappa shape index (κ3) is 3.74. The Hall–Kier alpha value is -3.30. The Balaban J connectivity index is 1.57. The number of rotatable bonds is 5. The smallest absolute Gasteiger partial charge is 0.213 e. The molecule has 3 N–H and O–H groups in total. The Morgan fingerprint density at radius 3 is 2.75 bits per heavy atom. The van der Waals surface area contributed by atoms with Gasteiger partial charge in [-0.15, -0.1) is 0 Å². The highest BCUT2D eigenvalue weighted by atomic mass is 16.5. The van der Waals surface area contributed by atoms with E-state index in [2.05, 4.69) is 26.9 Å². The van der Waals surface area contributed by atoms with Gasteiger partial charge in [0.1, 0.15) is 17.8 Å². The lowest BCUT2D eigenvalue weighted by molar-refractivity contribution is -0.0306. The van der Waals surface area contributed by atoms with Gasteiger partial charge in [-0.25, -0.2) is 19.6 Å². The number of pyridine rings is 1. The number of fused-ring (bicyclic) bond motifs is 2. The highest BCUT2D eigenvalue weighted by Gasteiger charge is 2.33. The number of nitrogen functional groups attached to an aromatic ring is 1. The van der Waals surface area contributed by atoms with Crippen LogP contribution in [0.4, 0.5) is 5.82 Å². The SMILES string of the molecule is CCOc1ccc2cc(-c3nn(CC4(O)CCN(C)CC4)c4ncnc(N)c34)ccc2n1. The van der Waals surface area contributed by atoms with E-state index in [1.54, 1.807) is 4.68 Å². The second kappa shape index (κ2) is 7.99. The third-order valence-corrected chi connectivity index (χ3v) is 6.15. The zero-order chi connectivity index (χ0) is 22.3. The maximum atomic E-state index is 11.2. The van der Waals surface area contributed by atoms with E-state index in [-0.39, 0.29) is 0 Å². The Morgan fingerprint density at radius 1 is 1.16 bits per heavy atom. The van der Waals surface area contributed by atoms with E-state index in [0.29, 0.717) is 54.4 Å². The summed E-state index contributed by atoms with van der Waals surface area (Å²) in [5, 5.41) is 17.7. The molecule has 9 heteroatoms. The van der Waals surface area contributed by atoms with Crippen molar-refractivity contribution in [1.82, 2.24) is 29.6 Å². The van der Waals surface area contributed by atoms with Crippen LogP contribution in [0.1, 0.15) is 19.8 Å². The minimum atomic E-state index is -0.828. The molecule has 5 rings (SSSR count). The van der Waals surface area contributed by atoms with Gasteiger partial charge in [-0.05, 0) is 45.0 Å². The lowest BCUT2D eigenvalue weighted by Crippen LogP contribution is -2.45. The van der Waals surface area contributed by atoms with Crippen LogP contribution in [0.3, 0.4) is 0 Å². The standard InChI is InChI=1S/C23H27N7O2/c1-3-32-18-7-5-15-12-16(4-6-17(15)27-18)20-19-21(24)25-14-26-22(19)30(28-20)13-23(31)8-10-29(2)11-9-23/h4-7,12,14,31H,3,8-11,13H2,1-2H3,(H2,24,25,26). The van der Waals surface area contributed by atoms with Gasteiger partial charge in [0.05, 0.1) is 29.7 Å². The van der Waals surface area contributed by atoms with Crippen molar-refractivity contribution in [2.24, 2.45) is 0 Å². The lowest BCUT2D eigenvalue weighted by atomic mass is 9.92. The van der Waals surface area contributed by atoms with Crippen LogP contribution in [0.15, 0.2) is 36.7 Å². The number of aromatic nitrogens is 5. The number of hydrogen-bond donors (Lipinski definition) is 2. The first-order chi connectivity index (χ1) is 15.5. The monoisotopic (exact) mass is 433 g/mol. The Kier molecular flexibility index (Phi) is 5.15. The molecule has 0 saturated carbocycles. The van der Waals surface area contributed by atoms with Gasteiger partial charge in [-0.3, -0.25) is 0 Å². The van der Waals surface area contributed by atoms with Crippen LogP contribution in [0, 0.1) is 0 Å². The van der Waals surface area contributed by atoms with E-state index >= 15 is 0 Å². The number of aliphatic hydroxyl groups is 1. The minimum absolute atomic E-state index is 0.362. The molecule has 1 aliphatic rings. The molecule has 9 nitrogen and oxygen atoms in total. The number of hydrogen-bond acceptors (Lipinski definition) is 8. The summed E-state index contributed by atoms with van der Waals surface area (Å²) < 4.78 is 7.28. The number of benzene rings is 1. The first kappa shape index (κ1) is 20.6. The minimum Gasteiger partial charge on any atom is -0.478 e. The van der Waals surface area contributed by atoms with Gasteiger partial charge >= 0.3 is 0 Å². The zero-order valence-corrected chi connectivity index (χ0v) is 18.3. The van der Waals surface area contributed by atoms with Crippen molar-refractivity contribution in [3.05, 3.63) is 36.7 Å². The summed E-state index contributed by atoms with van der Waals surface area (Å²) in [7, 11) is 2.07. The average Bonchev–Trinajstić information content (AvgIpc) is 3.15. The van der Waals surface area contributed by atoms with E-state index in [0.717, 1.165) is 29.6 Å². The molecule has 3 aromatic heterocycles. The molecule has 0 radical (unpaired) electrons. The molecule has 0 amide bonds. The van der Waals surface area contributed by atoms with Gasteiger partial charge < -0.3 is 20.5 Å². The van der Waals surface area contributed by atoms with E-state index in [9.17, 15) is 5.11 Å². The summed E-state index contributed by atoms with van der Waals surface area (Å²) in [5.41, 5.74) is 8.49. The predicted molar refractivity (Wildman–Crippen MR) is 123 cm³/mol. The van der Waals surface area contributed by atoms with Crippen molar-refractivity contribution in [3.63, 3.8) is 0 Å². The van der Waals surface area contributed by atoms with Crippen molar-refractivity contribution in [2.75, 3.05) is 32.5 Å². The molecule has 0 spiro atoms. The highest BCUT2D eigenvalue weighted by Crippen LogP contribution is 2.33. The van der Waals surface area contributed by atoms with Gasteiger partial charge in [0.25, 0.3) is 0 Å². The third-order valence-electron chi connectivity index (χ3n) is 6.15. The van der Waals surface area contributed by atoms with E-state index < -0.39 is 5.60 Å². The summed E-state index contributed by atoms with van der Waals surface area (Å²) in [6.07, 6.45) is 2.81. The van der Waals surface area contributed by atoms with Crippen LogP contribution in [0.2, 0.25) is 0 Å². The number of likely N-dealkylation sites (tertiary alicyclic amines) is 1. The fourth-order valence-electron chi connectivity index (χ4n) is 4.30. The van der Waals surface area contributed by atoms with Crippen molar-refractivity contribution in [2.45, 2.75) is 31.9 Å². The zero-order valence-electron chi connectivity index (χ0n) is 18.3. The lowest BCUT2D eigenvalue weighted by Gasteiger charge is -2.36. The van der Waals surface area contributed by atoms with Crippen LogP contribution in [-0.4, -0.2) is 67.1 Å². The molecule has 4 aromatic rings. The topological polar surface area (TPSA) is 115 Å². The second-order valence-corrected chi connectivity index (χ2v) is 8.48. The fourth-order valence-corrected chi connectivity index (χ4v) is 4.30. The molecule has 0 atom stereocenters. The number of nitrogens with zero attached hydrogens (tertiary/aromatic N) is 6. The quantitative estimate of drug-likeness (QED) is 0.493. The molecule has 1 aliphatic heterocycles. The largest absolute Gasteiger partial charge is 0.478 e. The van der Waals surface area contributed by atoms with Gasteiger partial charge in [0, 0.05) is 30.1 Å². The Labute approximate surface area is 185 Å². The number of nitrogens with two attached hydrogens (primary N) is 1. The van der Waals surface area contributed by atoms with Crippen LogP contribution >= 0.6 is 0 Å². The number of piperidine rings is 1. The normalized spacial score (nSPS) is 16.6. The van der Waals surface area contributed by atoms with Crippen LogP contribution in [0.5, 0.6) is 5.88 Å². The Bertz CT molecular complexity index is 1280. The molecule has 1 fully saturated rings. The number of anilines is 1. The maximum Gasteiger partial charge on any atom is 0.213 e. The van der Waals surface area contributed by atoms with Gasteiger partial charge in [-0.1, -0.05) is 6.07 Å². The fraction of sp³-hybridized carbons (Fsp3) is 0.391. The van der Waals surface area contributed by atoms with Crippen LogP contribution < -0.4 is 10.5 Å². The van der Waals surface area contributed by atoms with Crippen molar-refractivity contribution < 1.29 is 9.84 Å². The van der Waals surface area contributed by atoms with Crippen molar-refractivity contribution in [3.8, 4) is 17.1 Å². The molecule has 0 unspecified atom stereocenters. The predicted octanol–water partition coefficient (Wildman–Crippen LogP) is 2.48. The van der Waals surface area contributed by atoms with Gasteiger partial charge in [-0.2, -0.15) is 5.10 Å². The van der Waals surface area contributed by atoms with Gasteiger partial charge in [0.2, 0.25) is 5.88 Å². The molecule has 32 heavy (non-hydrogen) atoms.